The van der Waals surface area contributed by atoms with Crippen molar-refractivity contribution in [3.05, 3.63) is 30.3 Å². The van der Waals surface area contributed by atoms with Crippen LogP contribution in [0.5, 0.6) is 0 Å². The Kier molecular flexibility index (Phi) is 10.3. The van der Waals surface area contributed by atoms with Gasteiger partial charge in [0, 0.05) is 49.8 Å². The molecule has 2 rings (SSSR count). The van der Waals surface area contributed by atoms with E-state index in [0.717, 1.165) is 45.2 Å². The summed E-state index contributed by atoms with van der Waals surface area (Å²) in [7, 11) is 0. The zero-order valence-corrected chi connectivity index (χ0v) is 18.4. The zero-order valence-electron chi connectivity index (χ0n) is 15.3. The topological polar surface area (TPSA) is 47.9 Å². The minimum Gasteiger partial charge on any atom is -0.357 e. The summed E-state index contributed by atoms with van der Waals surface area (Å²) in [5, 5.41) is 3.80. The van der Waals surface area contributed by atoms with Crippen molar-refractivity contribution >= 4 is 47.6 Å². The molecule has 1 saturated heterocycles. The van der Waals surface area contributed by atoms with Gasteiger partial charge in [-0.2, -0.15) is 0 Å². The largest absolute Gasteiger partial charge is 0.357 e. The fourth-order valence-electron chi connectivity index (χ4n) is 2.64. The number of halogens is 1. The van der Waals surface area contributed by atoms with Gasteiger partial charge < -0.3 is 15.1 Å². The molecule has 1 aliphatic rings. The third-order valence-electron chi connectivity index (χ3n) is 3.94. The van der Waals surface area contributed by atoms with Crippen molar-refractivity contribution in [3.8, 4) is 0 Å². The summed E-state index contributed by atoms with van der Waals surface area (Å²) in [4.78, 5) is 21.7. The number of guanidine groups is 1. The second kappa shape index (κ2) is 11.6. The molecule has 1 N–H and O–H groups in total. The van der Waals surface area contributed by atoms with Crippen molar-refractivity contribution in [2.24, 2.45) is 4.99 Å². The highest BCUT2D eigenvalue weighted by molar-refractivity contribution is 14.0. The number of rotatable bonds is 5. The molecule has 0 radical (unpaired) electrons. The molecule has 7 heteroatoms. The Morgan fingerprint density at radius 2 is 1.80 bits per heavy atom. The normalized spacial score (nSPS) is 16.2. The van der Waals surface area contributed by atoms with Crippen LogP contribution >= 0.6 is 35.7 Å². The first-order chi connectivity index (χ1) is 11.6. The second-order valence-corrected chi connectivity index (χ2v) is 7.44. The summed E-state index contributed by atoms with van der Waals surface area (Å²) in [6.45, 7) is 10.8. The fourth-order valence-corrected chi connectivity index (χ4v) is 3.57. The number of thioether (sulfide) groups is 1. The maximum Gasteiger partial charge on any atom is 0.219 e. The first-order valence-electron chi connectivity index (χ1n) is 8.60. The average molecular weight is 476 g/mol. The predicted octanol–water partition coefficient (Wildman–Crippen LogP) is 2.91. The number of carbonyl (C=O) groups excluding carboxylic acids is 1. The minimum absolute atomic E-state index is 0. The molecule has 1 unspecified atom stereocenters. The van der Waals surface area contributed by atoms with Crippen molar-refractivity contribution in [2.45, 2.75) is 30.9 Å². The molecule has 1 aliphatic heterocycles. The van der Waals surface area contributed by atoms with Crippen molar-refractivity contribution in [2.75, 3.05) is 39.3 Å². The maximum absolute atomic E-state index is 11.4. The Bertz CT molecular complexity index is 547. The van der Waals surface area contributed by atoms with E-state index >= 15 is 0 Å². The minimum atomic E-state index is 0. The number of carbonyl (C=O) groups is 1. The van der Waals surface area contributed by atoms with Crippen LogP contribution in [0.2, 0.25) is 0 Å². The smallest absolute Gasteiger partial charge is 0.219 e. The highest BCUT2D eigenvalue weighted by Gasteiger charge is 2.21. The van der Waals surface area contributed by atoms with E-state index < -0.39 is 0 Å². The maximum atomic E-state index is 11.4. The van der Waals surface area contributed by atoms with Crippen LogP contribution in [-0.2, 0) is 4.79 Å². The van der Waals surface area contributed by atoms with Gasteiger partial charge in [0.1, 0.15) is 0 Å². The van der Waals surface area contributed by atoms with Crippen LogP contribution in [0, 0.1) is 0 Å². The third-order valence-corrected chi connectivity index (χ3v) is 5.03. The number of aliphatic imine (C=N–C) groups is 1. The second-order valence-electron chi connectivity index (χ2n) is 5.93. The Labute approximate surface area is 172 Å². The van der Waals surface area contributed by atoms with Gasteiger partial charge in [-0.25, -0.2) is 0 Å². The van der Waals surface area contributed by atoms with Gasteiger partial charge in [0.25, 0.3) is 0 Å². The van der Waals surface area contributed by atoms with Crippen LogP contribution in [-0.4, -0.2) is 66.2 Å². The Balaban J connectivity index is 0.00000312. The van der Waals surface area contributed by atoms with E-state index in [-0.39, 0.29) is 29.9 Å². The van der Waals surface area contributed by atoms with E-state index in [9.17, 15) is 4.79 Å². The summed E-state index contributed by atoms with van der Waals surface area (Å²) in [6, 6.07) is 10.4. The summed E-state index contributed by atoms with van der Waals surface area (Å²) < 4.78 is 0. The van der Waals surface area contributed by atoms with Crippen LogP contribution in [0.3, 0.4) is 0 Å². The van der Waals surface area contributed by atoms with Gasteiger partial charge in [0.05, 0.1) is 6.54 Å². The average Bonchev–Trinajstić information content (AvgIpc) is 2.59. The number of piperazine rings is 1. The molecule has 0 saturated carbocycles. The van der Waals surface area contributed by atoms with E-state index in [1.165, 1.54) is 4.90 Å². The van der Waals surface area contributed by atoms with Gasteiger partial charge in [-0.05, 0) is 19.1 Å². The molecule has 1 atom stereocenters. The first kappa shape index (κ1) is 22.1. The molecular weight excluding hydrogens is 447 g/mol. The molecule has 1 heterocycles. The van der Waals surface area contributed by atoms with Crippen molar-refractivity contribution < 1.29 is 4.79 Å². The molecule has 140 valence electrons. The molecule has 1 aromatic carbocycles. The summed E-state index contributed by atoms with van der Waals surface area (Å²) in [5.41, 5.74) is 0. The lowest BCUT2D eigenvalue weighted by Gasteiger charge is -2.36. The third kappa shape index (κ3) is 7.43. The van der Waals surface area contributed by atoms with Crippen LogP contribution < -0.4 is 5.32 Å². The monoisotopic (exact) mass is 476 g/mol. The summed E-state index contributed by atoms with van der Waals surface area (Å²) in [5.74, 6) is 1.12. The number of amides is 1. The number of hydrogen-bond donors (Lipinski definition) is 1. The van der Waals surface area contributed by atoms with Gasteiger partial charge in [-0.15, -0.1) is 35.7 Å². The standard InChI is InChI=1S/C18H28N4OS.HI/c1-4-19-18(22-12-10-21(11-13-22)16(3)23)20-14-15(2)24-17-8-6-5-7-9-17;/h5-9,15H,4,10-14H2,1-3H3,(H,19,20);1H. The number of hydrogen-bond acceptors (Lipinski definition) is 3. The molecule has 0 aromatic heterocycles. The number of nitrogens with zero attached hydrogens (tertiary/aromatic N) is 3. The van der Waals surface area contributed by atoms with Crippen LogP contribution in [0.4, 0.5) is 0 Å². The van der Waals surface area contributed by atoms with Crippen LogP contribution in [0.1, 0.15) is 20.8 Å². The van der Waals surface area contributed by atoms with E-state index in [4.69, 9.17) is 4.99 Å². The molecule has 5 nitrogen and oxygen atoms in total. The quantitative estimate of drug-likeness (QED) is 0.307. The van der Waals surface area contributed by atoms with Crippen LogP contribution in [0.15, 0.2) is 40.2 Å². The zero-order chi connectivity index (χ0) is 17.4. The molecule has 0 spiro atoms. The molecule has 1 fully saturated rings. The molecule has 0 aliphatic carbocycles. The van der Waals surface area contributed by atoms with Gasteiger partial charge in [0.2, 0.25) is 5.91 Å². The van der Waals surface area contributed by atoms with Crippen molar-refractivity contribution in [1.29, 1.82) is 0 Å². The highest BCUT2D eigenvalue weighted by Crippen LogP contribution is 2.22. The Hall–Kier alpha value is -0.960. The first-order valence-corrected chi connectivity index (χ1v) is 9.48. The van der Waals surface area contributed by atoms with Gasteiger partial charge >= 0.3 is 0 Å². The highest BCUT2D eigenvalue weighted by atomic mass is 127. The van der Waals surface area contributed by atoms with Gasteiger partial charge in [-0.1, -0.05) is 25.1 Å². The molecule has 25 heavy (non-hydrogen) atoms. The van der Waals surface area contributed by atoms with Crippen molar-refractivity contribution in [3.63, 3.8) is 0 Å². The van der Waals surface area contributed by atoms with Crippen molar-refractivity contribution in [1.82, 2.24) is 15.1 Å². The molecule has 1 amide bonds. The summed E-state index contributed by atoms with van der Waals surface area (Å²) in [6.07, 6.45) is 0. The van der Waals surface area contributed by atoms with Crippen LogP contribution in [0.25, 0.3) is 0 Å². The van der Waals surface area contributed by atoms with E-state index in [1.54, 1.807) is 6.92 Å². The lowest BCUT2D eigenvalue weighted by Crippen LogP contribution is -2.53. The molecule has 0 bridgehead atoms. The number of benzene rings is 1. The Morgan fingerprint density at radius 3 is 2.36 bits per heavy atom. The van der Waals surface area contributed by atoms with Gasteiger partial charge in [0.15, 0.2) is 5.96 Å². The van der Waals surface area contributed by atoms with E-state index in [0.29, 0.717) is 5.25 Å². The van der Waals surface area contributed by atoms with E-state index in [1.807, 2.05) is 22.7 Å². The SMILES string of the molecule is CCNC(=NCC(C)Sc1ccccc1)N1CCN(C(C)=O)CC1.I. The lowest BCUT2D eigenvalue weighted by molar-refractivity contribution is -0.130. The Morgan fingerprint density at radius 1 is 1.20 bits per heavy atom. The number of nitrogens with one attached hydrogen (secondary N) is 1. The van der Waals surface area contributed by atoms with Gasteiger partial charge in [-0.3, -0.25) is 9.79 Å². The summed E-state index contributed by atoms with van der Waals surface area (Å²) >= 11 is 1.85. The molecule has 1 aromatic rings. The lowest BCUT2D eigenvalue weighted by atomic mass is 10.3. The van der Waals surface area contributed by atoms with E-state index in [2.05, 4.69) is 48.3 Å². The fraction of sp³-hybridized carbons (Fsp3) is 0.556. The predicted molar refractivity (Wildman–Crippen MR) is 117 cm³/mol. The molecular formula is C18H29IN4OS.